The molecule has 0 unspecified atom stereocenters. The van der Waals surface area contributed by atoms with Crippen molar-refractivity contribution in [3.63, 3.8) is 0 Å². The largest absolute Gasteiger partial charge is 0.508 e. The minimum Gasteiger partial charge on any atom is -0.508 e. The number of hydrogen-bond acceptors (Lipinski definition) is 2. The van der Waals surface area contributed by atoms with Crippen LogP contribution in [0.3, 0.4) is 0 Å². The molecule has 2 rings (SSSR count). The van der Waals surface area contributed by atoms with Crippen molar-refractivity contribution in [1.29, 1.82) is 0 Å². The van der Waals surface area contributed by atoms with E-state index in [1.54, 1.807) is 13.0 Å². The van der Waals surface area contributed by atoms with E-state index < -0.39 is 0 Å². The monoisotopic (exact) mass is 251 g/mol. The van der Waals surface area contributed by atoms with Gasteiger partial charge in [0, 0.05) is 24.2 Å². The highest BCUT2D eigenvalue weighted by molar-refractivity contribution is 5.36. The van der Waals surface area contributed by atoms with Crippen molar-refractivity contribution in [3.8, 4) is 5.75 Å². The van der Waals surface area contributed by atoms with Gasteiger partial charge >= 0.3 is 0 Å². The summed E-state index contributed by atoms with van der Waals surface area (Å²) in [6.45, 7) is 2.35. The number of phenols is 1. The molecule has 0 radical (unpaired) electrons. The maximum atomic E-state index is 13.7. The molecule has 2 N–H and O–H groups in total. The lowest BCUT2D eigenvalue weighted by atomic mass is 10.1. The molecule has 1 aliphatic rings. The normalized spacial score (nSPS) is 17.7. The molecule has 1 aliphatic carbocycles. The second-order valence-electron chi connectivity index (χ2n) is 5.30. The van der Waals surface area contributed by atoms with E-state index in [-0.39, 0.29) is 11.6 Å². The van der Waals surface area contributed by atoms with E-state index in [1.165, 1.54) is 44.6 Å². The van der Waals surface area contributed by atoms with Gasteiger partial charge in [-0.3, -0.25) is 0 Å². The fourth-order valence-electron chi connectivity index (χ4n) is 2.60. The first-order valence-electron chi connectivity index (χ1n) is 6.88. The molecule has 0 amide bonds. The van der Waals surface area contributed by atoms with Gasteiger partial charge in [0.15, 0.2) is 0 Å². The Morgan fingerprint density at radius 2 is 1.89 bits per heavy atom. The molecule has 0 saturated heterocycles. The number of halogens is 1. The summed E-state index contributed by atoms with van der Waals surface area (Å²) in [5.41, 5.74) is 1.38. The number of aromatic hydroxyl groups is 1. The number of nitrogens with one attached hydrogen (secondary N) is 1. The number of benzene rings is 1. The third kappa shape index (κ3) is 3.45. The van der Waals surface area contributed by atoms with E-state index in [4.69, 9.17) is 0 Å². The number of hydrogen-bond donors (Lipinski definition) is 2. The first kappa shape index (κ1) is 13.3. The number of rotatable bonds is 3. The van der Waals surface area contributed by atoms with Crippen molar-refractivity contribution in [2.45, 2.75) is 58.0 Å². The van der Waals surface area contributed by atoms with E-state index >= 15 is 0 Å². The molecule has 1 aromatic carbocycles. The van der Waals surface area contributed by atoms with Crippen molar-refractivity contribution >= 4 is 0 Å². The third-order valence-corrected chi connectivity index (χ3v) is 3.80. The molecule has 100 valence electrons. The zero-order chi connectivity index (χ0) is 13.0. The molecule has 0 spiro atoms. The smallest absolute Gasteiger partial charge is 0.131 e. The van der Waals surface area contributed by atoms with E-state index in [0.717, 1.165) is 5.56 Å². The average Bonchev–Trinajstić information content (AvgIpc) is 2.60. The Balaban J connectivity index is 1.94. The van der Waals surface area contributed by atoms with Crippen molar-refractivity contribution < 1.29 is 9.50 Å². The maximum absolute atomic E-state index is 13.7. The van der Waals surface area contributed by atoms with E-state index in [0.29, 0.717) is 18.2 Å². The van der Waals surface area contributed by atoms with Gasteiger partial charge < -0.3 is 10.4 Å². The van der Waals surface area contributed by atoms with Crippen molar-refractivity contribution in [3.05, 3.63) is 29.1 Å². The van der Waals surface area contributed by atoms with Gasteiger partial charge in [0.2, 0.25) is 0 Å². The second kappa shape index (κ2) is 6.19. The van der Waals surface area contributed by atoms with Crippen LogP contribution in [0.2, 0.25) is 0 Å². The average molecular weight is 251 g/mol. The fraction of sp³-hybridized carbons (Fsp3) is 0.600. The highest BCUT2D eigenvalue weighted by atomic mass is 19.1. The molecule has 18 heavy (non-hydrogen) atoms. The SMILES string of the molecule is Cc1cc(CNC2CCCCCC2)c(F)cc1O. The summed E-state index contributed by atoms with van der Waals surface area (Å²) in [4.78, 5) is 0. The lowest BCUT2D eigenvalue weighted by Crippen LogP contribution is -2.28. The summed E-state index contributed by atoms with van der Waals surface area (Å²) in [5.74, 6) is -0.287. The van der Waals surface area contributed by atoms with Gasteiger partial charge in [-0.25, -0.2) is 4.39 Å². The highest BCUT2D eigenvalue weighted by Crippen LogP contribution is 2.22. The summed E-state index contributed by atoms with van der Waals surface area (Å²) in [5, 5.41) is 12.9. The number of phenolic OH excluding ortho intramolecular Hbond substituents is 1. The standard InChI is InChI=1S/C15H22FNO/c1-11-8-12(14(16)9-15(11)18)10-17-13-6-4-2-3-5-7-13/h8-9,13,17-18H,2-7,10H2,1H3. The van der Waals surface area contributed by atoms with Gasteiger partial charge in [0.05, 0.1) is 0 Å². The van der Waals surface area contributed by atoms with Crippen LogP contribution in [0.15, 0.2) is 12.1 Å². The molecule has 1 saturated carbocycles. The summed E-state index contributed by atoms with van der Waals surface area (Å²) < 4.78 is 13.7. The summed E-state index contributed by atoms with van der Waals surface area (Å²) in [6.07, 6.45) is 7.58. The third-order valence-electron chi connectivity index (χ3n) is 3.80. The van der Waals surface area contributed by atoms with Crippen LogP contribution in [0.4, 0.5) is 4.39 Å². The van der Waals surface area contributed by atoms with Crippen molar-refractivity contribution in [1.82, 2.24) is 5.32 Å². The molecule has 0 aromatic heterocycles. The fourth-order valence-corrected chi connectivity index (χ4v) is 2.60. The van der Waals surface area contributed by atoms with Crippen LogP contribution < -0.4 is 5.32 Å². The Bertz CT molecular complexity index is 398. The van der Waals surface area contributed by atoms with Crippen molar-refractivity contribution in [2.75, 3.05) is 0 Å². The predicted molar refractivity (Wildman–Crippen MR) is 71.1 cm³/mol. The van der Waals surface area contributed by atoms with Crippen LogP contribution in [0.1, 0.15) is 49.7 Å². The topological polar surface area (TPSA) is 32.3 Å². The first-order chi connectivity index (χ1) is 8.66. The Hall–Kier alpha value is -1.09. The van der Waals surface area contributed by atoms with Crippen LogP contribution in [-0.4, -0.2) is 11.1 Å². The molecular formula is C15H22FNO. The molecule has 2 nitrogen and oxygen atoms in total. The van der Waals surface area contributed by atoms with Gasteiger partial charge in [-0.1, -0.05) is 25.7 Å². The lowest BCUT2D eigenvalue weighted by Gasteiger charge is -2.17. The van der Waals surface area contributed by atoms with Crippen LogP contribution in [0.5, 0.6) is 5.75 Å². The van der Waals surface area contributed by atoms with E-state index in [1.807, 2.05) is 0 Å². The van der Waals surface area contributed by atoms with Crippen LogP contribution >= 0.6 is 0 Å². The van der Waals surface area contributed by atoms with Crippen molar-refractivity contribution in [2.24, 2.45) is 0 Å². The predicted octanol–water partition coefficient (Wildman–Crippen LogP) is 3.65. The molecule has 3 heteroatoms. The minimum atomic E-state index is -0.320. The highest BCUT2D eigenvalue weighted by Gasteiger charge is 2.13. The Labute approximate surface area is 108 Å². The number of aryl methyl sites for hydroxylation is 1. The molecule has 1 fully saturated rings. The van der Waals surface area contributed by atoms with Crippen LogP contribution in [-0.2, 0) is 6.54 Å². The molecule has 0 heterocycles. The zero-order valence-corrected chi connectivity index (χ0v) is 11.0. The summed E-state index contributed by atoms with van der Waals surface area (Å²) >= 11 is 0. The lowest BCUT2D eigenvalue weighted by molar-refractivity contribution is 0.445. The molecule has 1 aromatic rings. The summed E-state index contributed by atoms with van der Waals surface area (Å²) in [7, 11) is 0. The van der Waals surface area contributed by atoms with Gasteiger partial charge in [-0.05, 0) is 31.4 Å². The zero-order valence-electron chi connectivity index (χ0n) is 11.0. The quantitative estimate of drug-likeness (QED) is 0.804. The molecular weight excluding hydrogens is 229 g/mol. The van der Waals surface area contributed by atoms with Crippen LogP contribution in [0, 0.1) is 12.7 Å². The molecule has 0 aliphatic heterocycles. The first-order valence-corrected chi connectivity index (χ1v) is 6.88. The summed E-state index contributed by atoms with van der Waals surface area (Å²) in [6, 6.07) is 3.45. The molecule has 0 bridgehead atoms. The maximum Gasteiger partial charge on any atom is 0.131 e. The van der Waals surface area contributed by atoms with Gasteiger partial charge in [-0.2, -0.15) is 0 Å². The van der Waals surface area contributed by atoms with Gasteiger partial charge in [0.1, 0.15) is 11.6 Å². The van der Waals surface area contributed by atoms with Gasteiger partial charge in [0.25, 0.3) is 0 Å². The Kier molecular flexibility index (Phi) is 4.59. The van der Waals surface area contributed by atoms with Gasteiger partial charge in [-0.15, -0.1) is 0 Å². The Morgan fingerprint density at radius 3 is 2.56 bits per heavy atom. The van der Waals surface area contributed by atoms with E-state index in [9.17, 15) is 9.50 Å². The Morgan fingerprint density at radius 1 is 1.22 bits per heavy atom. The minimum absolute atomic E-state index is 0.0331. The van der Waals surface area contributed by atoms with Crippen LogP contribution in [0.25, 0.3) is 0 Å². The molecule has 0 atom stereocenters. The second-order valence-corrected chi connectivity index (χ2v) is 5.30. The van der Waals surface area contributed by atoms with E-state index in [2.05, 4.69) is 5.32 Å².